The second kappa shape index (κ2) is 10.5. The molecule has 0 aliphatic carbocycles. The molecule has 32 heavy (non-hydrogen) atoms. The summed E-state index contributed by atoms with van der Waals surface area (Å²) in [4.78, 5) is 39.9. The van der Waals surface area contributed by atoms with Crippen LogP contribution in [0.5, 0.6) is 0 Å². The van der Waals surface area contributed by atoms with E-state index in [4.69, 9.17) is 4.74 Å². The van der Waals surface area contributed by atoms with Gasteiger partial charge in [-0.2, -0.15) is 0 Å². The van der Waals surface area contributed by atoms with E-state index in [0.29, 0.717) is 16.8 Å². The Bertz CT molecular complexity index is 1030. The zero-order chi connectivity index (χ0) is 23.3. The van der Waals surface area contributed by atoms with E-state index in [9.17, 15) is 14.4 Å². The van der Waals surface area contributed by atoms with Gasteiger partial charge in [0.15, 0.2) is 0 Å². The summed E-state index contributed by atoms with van der Waals surface area (Å²) in [5.41, 5.74) is 4.25. The SMILES string of the molecule is CCOC(=O)C1=C(C[Se]C(=O)c2ccc(C)cc2)NC(=O)NC1c1ccc(N(C)C)cc1. The molecule has 0 fully saturated rings. The van der Waals surface area contributed by atoms with Gasteiger partial charge >= 0.3 is 194 Å². The Balaban J connectivity index is 1.91. The van der Waals surface area contributed by atoms with E-state index in [1.807, 2.05) is 62.3 Å². The first-order chi connectivity index (χ1) is 15.3. The molecule has 1 unspecified atom stereocenters. The normalized spacial score (nSPS) is 15.6. The van der Waals surface area contributed by atoms with Gasteiger partial charge in [0.25, 0.3) is 0 Å². The van der Waals surface area contributed by atoms with Crippen molar-refractivity contribution in [2.75, 3.05) is 25.6 Å². The number of hydrogen-bond acceptors (Lipinski definition) is 5. The Morgan fingerprint density at radius 3 is 2.31 bits per heavy atom. The van der Waals surface area contributed by atoms with E-state index in [0.717, 1.165) is 16.8 Å². The number of allylic oxidation sites excluding steroid dienone is 1. The summed E-state index contributed by atoms with van der Waals surface area (Å²) in [6.07, 6.45) is 0. The first-order valence-electron chi connectivity index (χ1n) is 10.3. The fourth-order valence-electron chi connectivity index (χ4n) is 3.31. The number of nitrogens with one attached hydrogen (secondary N) is 2. The van der Waals surface area contributed by atoms with Crippen molar-refractivity contribution >= 4 is 37.3 Å². The maximum atomic E-state index is 12.9. The molecule has 0 aromatic heterocycles. The molecule has 0 saturated heterocycles. The van der Waals surface area contributed by atoms with Gasteiger partial charge in [0.2, 0.25) is 0 Å². The van der Waals surface area contributed by atoms with Crippen LogP contribution in [0.3, 0.4) is 0 Å². The molecular weight excluding hydrogens is 473 g/mol. The third-order valence-corrected chi connectivity index (χ3v) is 6.98. The molecule has 0 radical (unpaired) electrons. The van der Waals surface area contributed by atoms with Crippen molar-refractivity contribution in [2.24, 2.45) is 0 Å². The summed E-state index contributed by atoms with van der Waals surface area (Å²) < 4.78 is 5.30. The Kier molecular flexibility index (Phi) is 7.72. The minimum atomic E-state index is -0.653. The van der Waals surface area contributed by atoms with Crippen LogP contribution in [0.25, 0.3) is 0 Å². The van der Waals surface area contributed by atoms with Crippen LogP contribution in [0, 0.1) is 6.92 Å². The molecule has 7 nitrogen and oxygen atoms in total. The number of urea groups is 1. The number of nitrogens with zero attached hydrogens (tertiary/aromatic N) is 1. The predicted octanol–water partition coefficient (Wildman–Crippen LogP) is 3.20. The van der Waals surface area contributed by atoms with Crippen molar-refractivity contribution in [1.29, 1.82) is 0 Å². The molecule has 168 valence electrons. The fourth-order valence-corrected chi connectivity index (χ4v) is 5.00. The number of amides is 2. The third kappa shape index (κ3) is 5.58. The van der Waals surface area contributed by atoms with Crippen molar-refractivity contribution < 1.29 is 19.1 Å². The molecule has 1 aliphatic rings. The summed E-state index contributed by atoms with van der Waals surface area (Å²) in [6.45, 7) is 3.91. The van der Waals surface area contributed by atoms with Gasteiger partial charge in [-0.05, 0) is 0 Å². The van der Waals surface area contributed by atoms with Crippen molar-refractivity contribution in [3.8, 4) is 0 Å². The van der Waals surface area contributed by atoms with Gasteiger partial charge in [-0.25, -0.2) is 0 Å². The second-order valence-electron chi connectivity index (χ2n) is 7.57. The molecule has 1 heterocycles. The zero-order valence-electron chi connectivity index (χ0n) is 18.6. The molecular formula is C24H27N3O4Se. The Labute approximate surface area is 194 Å². The topological polar surface area (TPSA) is 87.7 Å². The van der Waals surface area contributed by atoms with Crippen molar-refractivity contribution in [1.82, 2.24) is 10.6 Å². The standard InChI is InChI=1S/C24H27N3O4Se/c1-5-31-22(28)20-19(14-32-23(29)17-8-6-15(2)7-9-17)25-24(30)26-21(20)16-10-12-18(13-11-16)27(3)4/h6-13,21H,5,14H2,1-4H3,(H2,25,26,30). The Hall–Kier alpha value is -3.09. The number of rotatable bonds is 8. The van der Waals surface area contributed by atoms with E-state index in [1.165, 1.54) is 0 Å². The summed E-state index contributed by atoms with van der Waals surface area (Å²) in [5, 5.41) is 5.85. The number of ether oxygens (including phenoxy) is 1. The van der Waals surface area contributed by atoms with E-state index >= 15 is 0 Å². The summed E-state index contributed by atoms with van der Waals surface area (Å²) >= 11 is -0.494. The zero-order valence-corrected chi connectivity index (χ0v) is 20.3. The van der Waals surface area contributed by atoms with Crippen LogP contribution in [0.4, 0.5) is 10.5 Å². The molecule has 2 aromatic rings. The van der Waals surface area contributed by atoms with Crippen LogP contribution in [-0.2, 0) is 9.53 Å². The van der Waals surface area contributed by atoms with E-state index < -0.39 is 33.0 Å². The molecule has 1 atom stereocenters. The van der Waals surface area contributed by atoms with Gasteiger partial charge in [-0.1, -0.05) is 0 Å². The average Bonchev–Trinajstić information content (AvgIpc) is 2.77. The van der Waals surface area contributed by atoms with Crippen LogP contribution >= 0.6 is 0 Å². The molecule has 2 aromatic carbocycles. The molecule has 2 amide bonds. The molecule has 2 N–H and O–H groups in total. The monoisotopic (exact) mass is 501 g/mol. The first kappa shape index (κ1) is 23.6. The number of esters is 1. The fraction of sp³-hybridized carbons (Fsp3) is 0.292. The molecule has 3 rings (SSSR count). The number of anilines is 1. The number of hydrogen-bond donors (Lipinski definition) is 2. The van der Waals surface area contributed by atoms with Gasteiger partial charge in [0.05, 0.1) is 0 Å². The Morgan fingerprint density at radius 1 is 1.06 bits per heavy atom. The van der Waals surface area contributed by atoms with Crippen LogP contribution in [0.1, 0.15) is 34.5 Å². The molecule has 8 heteroatoms. The van der Waals surface area contributed by atoms with Crippen LogP contribution < -0.4 is 15.5 Å². The van der Waals surface area contributed by atoms with Gasteiger partial charge in [-0.15, -0.1) is 0 Å². The Morgan fingerprint density at radius 2 is 1.72 bits per heavy atom. The predicted molar refractivity (Wildman–Crippen MR) is 125 cm³/mol. The molecule has 0 saturated carbocycles. The third-order valence-electron chi connectivity index (χ3n) is 5.03. The first-order valence-corrected chi connectivity index (χ1v) is 12.4. The van der Waals surface area contributed by atoms with Crippen molar-refractivity contribution in [3.63, 3.8) is 0 Å². The number of benzene rings is 2. The maximum absolute atomic E-state index is 12.9. The van der Waals surface area contributed by atoms with E-state index in [2.05, 4.69) is 10.6 Å². The summed E-state index contributed by atoms with van der Waals surface area (Å²) in [7, 11) is 3.88. The number of aryl methyl sites for hydroxylation is 1. The quantitative estimate of drug-likeness (QED) is 0.430. The average molecular weight is 500 g/mol. The molecule has 0 spiro atoms. The van der Waals surface area contributed by atoms with Gasteiger partial charge in [0.1, 0.15) is 0 Å². The van der Waals surface area contributed by atoms with E-state index in [-0.39, 0.29) is 16.6 Å². The number of carbonyl (C=O) groups excluding carboxylic acids is 3. The molecule has 0 bridgehead atoms. The summed E-state index contributed by atoms with van der Waals surface area (Å²) in [6, 6.07) is 13.9. The van der Waals surface area contributed by atoms with Crippen molar-refractivity contribution in [3.05, 3.63) is 76.5 Å². The number of carbonyl (C=O) groups is 3. The van der Waals surface area contributed by atoms with E-state index in [1.54, 1.807) is 19.1 Å². The second-order valence-corrected chi connectivity index (χ2v) is 9.56. The summed E-state index contributed by atoms with van der Waals surface area (Å²) in [5.74, 6) is -0.504. The molecule has 1 aliphatic heterocycles. The van der Waals surface area contributed by atoms with Gasteiger partial charge in [0, 0.05) is 0 Å². The van der Waals surface area contributed by atoms with Crippen LogP contribution in [0.2, 0.25) is 5.32 Å². The van der Waals surface area contributed by atoms with Gasteiger partial charge < -0.3 is 0 Å². The van der Waals surface area contributed by atoms with Gasteiger partial charge in [-0.3, -0.25) is 0 Å². The van der Waals surface area contributed by atoms with Crippen LogP contribution in [0.15, 0.2) is 59.8 Å². The van der Waals surface area contributed by atoms with Crippen LogP contribution in [-0.4, -0.2) is 52.3 Å². The minimum absolute atomic E-state index is 0.00729. The van der Waals surface area contributed by atoms with Crippen molar-refractivity contribution in [2.45, 2.75) is 25.2 Å².